The summed E-state index contributed by atoms with van der Waals surface area (Å²) in [6.45, 7) is 5.20. The van der Waals surface area contributed by atoms with Gasteiger partial charge in [-0.2, -0.15) is 5.10 Å². The molecule has 1 fully saturated rings. The largest absolute Gasteiger partial charge is 0.352 e. The Balaban J connectivity index is 2.15. The summed E-state index contributed by atoms with van der Waals surface area (Å²) in [7, 11) is 0. The molecular formula is C11H16ClN3. The van der Waals surface area contributed by atoms with Gasteiger partial charge in [-0.1, -0.05) is 0 Å². The summed E-state index contributed by atoms with van der Waals surface area (Å²) >= 11 is 5.92. The molecule has 1 aliphatic rings. The second-order valence-corrected chi connectivity index (χ2v) is 4.48. The summed E-state index contributed by atoms with van der Waals surface area (Å²) in [4.78, 5) is 2.29. The highest BCUT2D eigenvalue weighted by atomic mass is 35.5. The van der Waals surface area contributed by atoms with Gasteiger partial charge in [-0.25, -0.2) is 0 Å². The van der Waals surface area contributed by atoms with Crippen molar-refractivity contribution >= 4 is 17.4 Å². The maximum atomic E-state index is 5.92. The molecule has 1 aliphatic heterocycles. The quantitative estimate of drug-likeness (QED) is 0.723. The summed E-state index contributed by atoms with van der Waals surface area (Å²) in [5, 5.41) is 8.30. The molecule has 2 atom stereocenters. The number of rotatable bonds is 2. The lowest BCUT2D eigenvalue weighted by Crippen LogP contribution is -2.31. The van der Waals surface area contributed by atoms with Crippen LogP contribution in [0.3, 0.4) is 0 Å². The van der Waals surface area contributed by atoms with E-state index in [9.17, 15) is 0 Å². The summed E-state index contributed by atoms with van der Waals surface area (Å²) in [6.07, 6.45) is 1.15. The van der Waals surface area contributed by atoms with Gasteiger partial charge in [-0.3, -0.25) is 0 Å². The fourth-order valence-corrected chi connectivity index (χ4v) is 2.49. The lowest BCUT2D eigenvalue weighted by atomic mass is 10.1. The van der Waals surface area contributed by atoms with E-state index in [0.717, 1.165) is 30.4 Å². The minimum absolute atomic E-state index is 0.472. The van der Waals surface area contributed by atoms with Gasteiger partial charge < -0.3 is 4.90 Å². The first-order valence-corrected chi connectivity index (χ1v) is 5.88. The molecule has 0 spiro atoms. The van der Waals surface area contributed by atoms with Gasteiger partial charge in [0.05, 0.1) is 5.69 Å². The van der Waals surface area contributed by atoms with Crippen LogP contribution in [-0.2, 0) is 0 Å². The number of halogens is 1. The molecule has 1 aromatic rings. The van der Waals surface area contributed by atoms with Crippen LogP contribution >= 0.6 is 11.6 Å². The molecule has 82 valence electrons. The average Bonchev–Trinajstić information content (AvgIpc) is 2.61. The van der Waals surface area contributed by atoms with Crippen LogP contribution in [0, 0.1) is 12.8 Å². The number of hydrogen-bond acceptors (Lipinski definition) is 3. The molecule has 0 radical (unpaired) electrons. The average molecular weight is 226 g/mol. The van der Waals surface area contributed by atoms with Crippen LogP contribution in [0.4, 0.5) is 5.82 Å². The third kappa shape index (κ3) is 2.07. The van der Waals surface area contributed by atoms with Gasteiger partial charge in [0, 0.05) is 18.5 Å². The highest BCUT2D eigenvalue weighted by molar-refractivity contribution is 6.18. The molecule has 2 rings (SSSR count). The van der Waals surface area contributed by atoms with Crippen molar-refractivity contribution in [3.05, 3.63) is 17.8 Å². The highest BCUT2D eigenvalue weighted by Crippen LogP contribution is 2.28. The fourth-order valence-electron chi connectivity index (χ4n) is 2.08. The topological polar surface area (TPSA) is 29.0 Å². The van der Waals surface area contributed by atoms with E-state index in [1.165, 1.54) is 0 Å². The van der Waals surface area contributed by atoms with E-state index in [-0.39, 0.29) is 0 Å². The van der Waals surface area contributed by atoms with Crippen molar-refractivity contribution in [2.45, 2.75) is 26.3 Å². The van der Waals surface area contributed by atoms with Crippen LogP contribution in [0.25, 0.3) is 0 Å². The first-order chi connectivity index (χ1) is 7.22. The van der Waals surface area contributed by atoms with Gasteiger partial charge in [0.2, 0.25) is 0 Å². The Bertz CT molecular complexity index is 325. The number of anilines is 1. The first-order valence-electron chi connectivity index (χ1n) is 5.35. The van der Waals surface area contributed by atoms with Gasteiger partial charge in [0.25, 0.3) is 0 Å². The van der Waals surface area contributed by atoms with Crippen molar-refractivity contribution in [2.24, 2.45) is 5.92 Å². The predicted octanol–water partition coefficient (Wildman–Crippen LogP) is 2.24. The zero-order valence-corrected chi connectivity index (χ0v) is 9.91. The molecule has 0 aliphatic carbocycles. The normalized spacial score (nSPS) is 25.9. The smallest absolute Gasteiger partial charge is 0.151 e. The standard InChI is InChI=1S/C11H16ClN3/c1-8-3-4-11(14-13-8)15-6-5-10(7-12)9(15)2/h3-4,9-10H,5-7H2,1-2H3. The third-order valence-electron chi connectivity index (χ3n) is 3.19. The van der Waals surface area contributed by atoms with E-state index in [2.05, 4.69) is 22.0 Å². The van der Waals surface area contributed by atoms with Crippen molar-refractivity contribution in [1.82, 2.24) is 10.2 Å². The summed E-state index contributed by atoms with van der Waals surface area (Å²) in [5.74, 6) is 2.28. The SMILES string of the molecule is Cc1ccc(N2CCC(CCl)C2C)nn1. The molecule has 3 nitrogen and oxygen atoms in total. The van der Waals surface area contributed by atoms with Gasteiger partial charge in [0.15, 0.2) is 5.82 Å². The Hall–Kier alpha value is -0.830. The lowest BCUT2D eigenvalue weighted by molar-refractivity contribution is 0.549. The number of aryl methyl sites for hydroxylation is 1. The number of nitrogens with zero attached hydrogens (tertiary/aromatic N) is 3. The summed E-state index contributed by atoms with van der Waals surface area (Å²) in [5.41, 5.74) is 0.958. The van der Waals surface area contributed by atoms with E-state index in [0.29, 0.717) is 12.0 Å². The van der Waals surface area contributed by atoms with E-state index in [1.54, 1.807) is 0 Å². The van der Waals surface area contributed by atoms with Crippen LogP contribution in [0.15, 0.2) is 12.1 Å². The zero-order valence-electron chi connectivity index (χ0n) is 9.15. The Morgan fingerprint density at radius 2 is 2.27 bits per heavy atom. The van der Waals surface area contributed by atoms with Gasteiger partial charge in [0.1, 0.15) is 0 Å². The van der Waals surface area contributed by atoms with Crippen LogP contribution in [0.1, 0.15) is 19.0 Å². The van der Waals surface area contributed by atoms with Gasteiger partial charge in [-0.05, 0) is 38.3 Å². The third-order valence-corrected chi connectivity index (χ3v) is 3.59. The number of aromatic nitrogens is 2. The Kier molecular flexibility index (Phi) is 3.10. The van der Waals surface area contributed by atoms with E-state index in [4.69, 9.17) is 11.6 Å². The fraction of sp³-hybridized carbons (Fsp3) is 0.636. The Labute approximate surface area is 95.5 Å². The van der Waals surface area contributed by atoms with Crippen LogP contribution in [0.2, 0.25) is 0 Å². The van der Waals surface area contributed by atoms with Crippen LogP contribution in [0.5, 0.6) is 0 Å². The molecular weight excluding hydrogens is 210 g/mol. The predicted molar refractivity (Wildman–Crippen MR) is 62.4 cm³/mol. The van der Waals surface area contributed by atoms with E-state index >= 15 is 0 Å². The second-order valence-electron chi connectivity index (χ2n) is 4.17. The number of hydrogen-bond donors (Lipinski definition) is 0. The minimum Gasteiger partial charge on any atom is -0.352 e. The van der Waals surface area contributed by atoms with E-state index < -0.39 is 0 Å². The van der Waals surface area contributed by atoms with Crippen molar-refractivity contribution in [3.8, 4) is 0 Å². The van der Waals surface area contributed by atoms with Crippen molar-refractivity contribution in [3.63, 3.8) is 0 Å². The molecule has 1 saturated heterocycles. The molecule has 0 saturated carbocycles. The van der Waals surface area contributed by atoms with E-state index in [1.807, 2.05) is 19.1 Å². The molecule has 0 N–H and O–H groups in total. The Morgan fingerprint density at radius 1 is 1.47 bits per heavy atom. The summed E-state index contributed by atoms with van der Waals surface area (Å²) in [6, 6.07) is 4.51. The van der Waals surface area contributed by atoms with Crippen molar-refractivity contribution in [2.75, 3.05) is 17.3 Å². The molecule has 0 aromatic carbocycles. The highest BCUT2D eigenvalue weighted by Gasteiger charge is 2.30. The number of alkyl halides is 1. The molecule has 0 bridgehead atoms. The second kappa shape index (κ2) is 4.35. The molecule has 0 amide bonds. The lowest BCUT2D eigenvalue weighted by Gasteiger charge is -2.24. The van der Waals surface area contributed by atoms with Crippen molar-refractivity contribution in [1.29, 1.82) is 0 Å². The molecule has 2 unspecified atom stereocenters. The Morgan fingerprint density at radius 3 is 2.80 bits per heavy atom. The molecule has 4 heteroatoms. The molecule has 2 heterocycles. The first kappa shape index (κ1) is 10.7. The maximum absolute atomic E-state index is 5.92. The van der Waals surface area contributed by atoms with Gasteiger partial charge >= 0.3 is 0 Å². The summed E-state index contributed by atoms with van der Waals surface area (Å²) < 4.78 is 0. The van der Waals surface area contributed by atoms with Crippen LogP contribution in [-0.4, -0.2) is 28.7 Å². The van der Waals surface area contributed by atoms with Gasteiger partial charge in [-0.15, -0.1) is 16.7 Å². The monoisotopic (exact) mass is 225 g/mol. The van der Waals surface area contributed by atoms with Crippen LogP contribution < -0.4 is 4.90 Å². The van der Waals surface area contributed by atoms with Crippen molar-refractivity contribution < 1.29 is 0 Å². The zero-order chi connectivity index (χ0) is 10.8. The molecule has 1 aromatic heterocycles. The minimum atomic E-state index is 0.472. The maximum Gasteiger partial charge on any atom is 0.151 e. The molecule has 15 heavy (non-hydrogen) atoms.